The average molecular weight is 432 g/mol. The second-order valence-corrected chi connectivity index (χ2v) is 8.45. The molecule has 0 radical (unpaired) electrons. The lowest BCUT2D eigenvalue weighted by Crippen LogP contribution is -2.39. The van der Waals surface area contributed by atoms with Crippen molar-refractivity contribution >= 4 is 40.9 Å². The van der Waals surface area contributed by atoms with Gasteiger partial charge in [0.05, 0.1) is 13.2 Å². The minimum atomic E-state index is 0.428. The SMILES string of the molecule is S=C(Nc1nc(Sc2ncccn2)cc(N2CCOCC2)n1)NC1CCCCC1. The highest BCUT2D eigenvalue weighted by Crippen LogP contribution is 2.27. The maximum atomic E-state index is 5.52. The van der Waals surface area contributed by atoms with Crippen molar-refractivity contribution in [2.45, 2.75) is 48.3 Å². The van der Waals surface area contributed by atoms with Crippen LogP contribution >= 0.6 is 24.0 Å². The number of nitrogens with zero attached hydrogens (tertiary/aromatic N) is 5. The molecule has 0 bridgehead atoms. The molecule has 2 aliphatic rings. The van der Waals surface area contributed by atoms with Crippen LogP contribution in [-0.4, -0.2) is 57.4 Å². The van der Waals surface area contributed by atoms with Crippen molar-refractivity contribution in [3.05, 3.63) is 24.5 Å². The molecule has 0 amide bonds. The van der Waals surface area contributed by atoms with E-state index in [2.05, 4.69) is 30.5 Å². The Morgan fingerprint density at radius 3 is 2.62 bits per heavy atom. The van der Waals surface area contributed by atoms with Gasteiger partial charge in [-0.3, -0.25) is 0 Å². The third-order valence-corrected chi connectivity index (χ3v) is 5.96. The van der Waals surface area contributed by atoms with E-state index in [1.807, 2.05) is 6.07 Å². The molecule has 29 heavy (non-hydrogen) atoms. The zero-order chi connectivity index (χ0) is 19.9. The highest BCUT2D eigenvalue weighted by Gasteiger charge is 2.18. The van der Waals surface area contributed by atoms with Crippen molar-refractivity contribution in [2.24, 2.45) is 0 Å². The number of hydrogen-bond acceptors (Lipinski definition) is 8. The Balaban J connectivity index is 1.50. The Morgan fingerprint density at radius 2 is 1.86 bits per heavy atom. The summed E-state index contributed by atoms with van der Waals surface area (Å²) < 4.78 is 5.47. The van der Waals surface area contributed by atoms with E-state index in [1.54, 1.807) is 18.5 Å². The highest BCUT2D eigenvalue weighted by atomic mass is 32.2. The van der Waals surface area contributed by atoms with E-state index in [4.69, 9.17) is 21.9 Å². The zero-order valence-electron chi connectivity index (χ0n) is 16.2. The van der Waals surface area contributed by atoms with E-state index in [0.29, 0.717) is 35.5 Å². The summed E-state index contributed by atoms with van der Waals surface area (Å²) in [5.74, 6) is 1.34. The first-order chi connectivity index (χ1) is 14.3. The largest absolute Gasteiger partial charge is 0.378 e. The fraction of sp³-hybridized carbons (Fsp3) is 0.526. The Labute approximate surface area is 180 Å². The number of thiocarbonyl (C=S) groups is 1. The van der Waals surface area contributed by atoms with Crippen LogP contribution in [0.2, 0.25) is 0 Å². The Morgan fingerprint density at radius 1 is 1.10 bits per heavy atom. The normalized spacial score (nSPS) is 17.7. The highest BCUT2D eigenvalue weighted by molar-refractivity contribution is 7.99. The molecule has 0 aromatic carbocycles. The lowest BCUT2D eigenvalue weighted by atomic mass is 9.96. The van der Waals surface area contributed by atoms with Crippen LogP contribution in [0, 0.1) is 0 Å². The van der Waals surface area contributed by atoms with Gasteiger partial charge in [0.25, 0.3) is 0 Å². The first-order valence-electron chi connectivity index (χ1n) is 10.0. The van der Waals surface area contributed by atoms with E-state index >= 15 is 0 Å². The summed E-state index contributed by atoms with van der Waals surface area (Å²) in [4.78, 5) is 20.1. The molecule has 1 aliphatic heterocycles. The Hall–Kier alpha value is -2.04. The summed E-state index contributed by atoms with van der Waals surface area (Å²) in [5.41, 5.74) is 0. The molecule has 8 nitrogen and oxygen atoms in total. The standard InChI is InChI=1S/C19H25N7OS2/c28-18(22-14-5-2-1-3-6-14)25-17-23-15(26-9-11-27-12-10-26)13-16(24-17)29-19-20-7-4-8-21-19/h4,7-8,13-14H,1-3,5-6,9-12H2,(H2,22,23,24,25,28). The van der Waals surface area contributed by atoms with Gasteiger partial charge in [0, 0.05) is 37.6 Å². The van der Waals surface area contributed by atoms with E-state index < -0.39 is 0 Å². The molecule has 3 heterocycles. The van der Waals surface area contributed by atoms with Gasteiger partial charge in [-0.1, -0.05) is 19.3 Å². The predicted molar refractivity (Wildman–Crippen MR) is 117 cm³/mol. The van der Waals surface area contributed by atoms with Gasteiger partial charge in [-0.2, -0.15) is 4.98 Å². The fourth-order valence-electron chi connectivity index (χ4n) is 3.48. The summed E-state index contributed by atoms with van der Waals surface area (Å²) in [6, 6.07) is 4.19. The van der Waals surface area contributed by atoms with E-state index in [0.717, 1.165) is 36.8 Å². The van der Waals surface area contributed by atoms with E-state index in [9.17, 15) is 0 Å². The number of anilines is 2. The molecule has 10 heteroatoms. The summed E-state index contributed by atoms with van der Waals surface area (Å²) in [6.45, 7) is 2.98. The quantitative estimate of drug-likeness (QED) is 0.418. The molecule has 1 saturated carbocycles. The minimum Gasteiger partial charge on any atom is -0.378 e. The summed E-state index contributed by atoms with van der Waals surface area (Å²) in [6.07, 6.45) is 9.57. The predicted octanol–water partition coefficient (Wildman–Crippen LogP) is 2.87. The zero-order valence-corrected chi connectivity index (χ0v) is 17.8. The van der Waals surface area contributed by atoms with Crippen LogP contribution in [0.25, 0.3) is 0 Å². The average Bonchev–Trinajstić information content (AvgIpc) is 2.75. The second-order valence-electron chi connectivity index (χ2n) is 7.05. The van der Waals surface area contributed by atoms with Gasteiger partial charge in [0.2, 0.25) is 5.95 Å². The second kappa shape index (κ2) is 10.1. The Bertz CT molecular complexity index is 811. The molecule has 0 unspecified atom stereocenters. The van der Waals surface area contributed by atoms with Crippen molar-refractivity contribution in [1.29, 1.82) is 0 Å². The number of hydrogen-bond donors (Lipinski definition) is 2. The van der Waals surface area contributed by atoms with Gasteiger partial charge >= 0.3 is 0 Å². The van der Waals surface area contributed by atoms with Crippen LogP contribution in [0.5, 0.6) is 0 Å². The molecule has 2 N–H and O–H groups in total. The third-order valence-electron chi connectivity index (χ3n) is 4.93. The van der Waals surface area contributed by atoms with Crippen molar-refractivity contribution in [3.63, 3.8) is 0 Å². The maximum absolute atomic E-state index is 5.52. The van der Waals surface area contributed by atoms with Crippen molar-refractivity contribution < 1.29 is 4.74 Å². The summed E-state index contributed by atoms with van der Waals surface area (Å²) in [7, 11) is 0. The molecule has 2 fully saturated rings. The van der Waals surface area contributed by atoms with Gasteiger partial charge in [0.1, 0.15) is 10.8 Å². The number of morpholine rings is 1. The molecular weight excluding hydrogens is 406 g/mol. The monoisotopic (exact) mass is 431 g/mol. The summed E-state index contributed by atoms with van der Waals surface area (Å²) >= 11 is 6.93. The third kappa shape index (κ3) is 5.97. The molecule has 2 aromatic heterocycles. The van der Waals surface area contributed by atoms with Crippen LogP contribution in [-0.2, 0) is 4.74 Å². The number of rotatable bonds is 5. The molecule has 154 valence electrons. The number of ether oxygens (including phenoxy) is 1. The van der Waals surface area contributed by atoms with Crippen molar-refractivity contribution in [2.75, 3.05) is 36.5 Å². The fourth-order valence-corrected chi connectivity index (χ4v) is 4.45. The molecule has 2 aromatic rings. The molecule has 0 spiro atoms. The topological polar surface area (TPSA) is 88.1 Å². The van der Waals surface area contributed by atoms with Gasteiger partial charge in [-0.15, -0.1) is 0 Å². The van der Waals surface area contributed by atoms with Gasteiger partial charge in [0.15, 0.2) is 10.3 Å². The molecular formula is C19H25N7OS2. The first kappa shape index (κ1) is 20.2. The van der Waals surface area contributed by atoms with Crippen LogP contribution in [0.15, 0.2) is 34.7 Å². The van der Waals surface area contributed by atoms with Gasteiger partial charge in [-0.25, -0.2) is 15.0 Å². The lowest BCUT2D eigenvalue weighted by Gasteiger charge is -2.28. The van der Waals surface area contributed by atoms with Crippen molar-refractivity contribution in [1.82, 2.24) is 25.3 Å². The maximum Gasteiger partial charge on any atom is 0.232 e. The van der Waals surface area contributed by atoms with E-state index in [-0.39, 0.29) is 0 Å². The van der Waals surface area contributed by atoms with Crippen LogP contribution in [0.4, 0.5) is 11.8 Å². The van der Waals surface area contributed by atoms with Gasteiger partial charge < -0.3 is 20.3 Å². The Kier molecular flexibility index (Phi) is 7.07. The molecule has 1 saturated heterocycles. The van der Waals surface area contributed by atoms with E-state index in [1.165, 1.54) is 31.0 Å². The van der Waals surface area contributed by atoms with Crippen LogP contribution < -0.4 is 15.5 Å². The molecule has 0 atom stereocenters. The lowest BCUT2D eigenvalue weighted by molar-refractivity contribution is 0.122. The number of aromatic nitrogens is 4. The van der Waals surface area contributed by atoms with Crippen molar-refractivity contribution in [3.8, 4) is 0 Å². The van der Waals surface area contributed by atoms with Gasteiger partial charge in [-0.05, 0) is 42.9 Å². The van der Waals surface area contributed by atoms with Crippen LogP contribution in [0.3, 0.4) is 0 Å². The first-order valence-corrected chi connectivity index (χ1v) is 11.2. The van der Waals surface area contributed by atoms with Crippen LogP contribution in [0.1, 0.15) is 32.1 Å². The summed E-state index contributed by atoms with van der Waals surface area (Å²) in [5, 5.41) is 8.58. The molecule has 4 rings (SSSR count). The molecule has 1 aliphatic carbocycles. The smallest absolute Gasteiger partial charge is 0.232 e. The number of nitrogens with one attached hydrogen (secondary N) is 2. The minimum absolute atomic E-state index is 0.428.